The highest BCUT2D eigenvalue weighted by molar-refractivity contribution is 5.76. The Balaban J connectivity index is 3.44. The Morgan fingerprint density at radius 2 is 2.08 bits per heavy atom. The third-order valence-corrected chi connectivity index (χ3v) is 1.92. The van der Waals surface area contributed by atoms with Gasteiger partial charge in [0.25, 0.3) is 0 Å². The molecule has 0 aliphatic rings. The van der Waals surface area contributed by atoms with E-state index >= 15 is 0 Å². The van der Waals surface area contributed by atoms with Crippen LogP contribution in [-0.2, 0) is 0 Å². The van der Waals surface area contributed by atoms with Crippen molar-refractivity contribution in [2.75, 3.05) is 26.2 Å². The molecule has 0 radical (unpaired) electrons. The van der Waals surface area contributed by atoms with Gasteiger partial charge in [-0.15, -0.1) is 0 Å². The van der Waals surface area contributed by atoms with Crippen LogP contribution in [0.5, 0.6) is 0 Å². The highest BCUT2D eigenvalue weighted by Gasteiger charge is 1.96. The Morgan fingerprint density at radius 3 is 2.54 bits per heavy atom. The zero-order valence-electron chi connectivity index (χ0n) is 8.45. The zero-order chi connectivity index (χ0) is 10.1. The van der Waals surface area contributed by atoms with Crippen LogP contribution in [0.2, 0.25) is 0 Å². The van der Waals surface area contributed by atoms with E-state index in [2.05, 4.69) is 23.7 Å². The molecule has 0 unspecified atom stereocenters. The molecule has 13 heavy (non-hydrogen) atoms. The van der Waals surface area contributed by atoms with Crippen molar-refractivity contribution in [1.82, 2.24) is 10.4 Å². The standard InChI is InChI=1S/C8H20N4O/c1-3-12(4-2)7-5-6-10-8(9)11-13/h13H,3-7H2,1-2H3,(H3,9,10,11). The van der Waals surface area contributed by atoms with E-state index in [1.54, 1.807) is 5.48 Å². The summed E-state index contributed by atoms with van der Waals surface area (Å²) in [4.78, 5) is 6.21. The van der Waals surface area contributed by atoms with Gasteiger partial charge in [0.15, 0.2) is 0 Å². The van der Waals surface area contributed by atoms with E-state index in [0.717, 1.165) is 26.1 Å². The second kappa shape index (κ2) is 7.82. The van der Waals surface area contributed by atoms with Crippen LogP contribution in [0, 0.1) is 0 Å². The number of hydrogen-bond donors (Lipinski definition) is 3. The Bertz CT molecular complexity index is 145. The fraction of sp³-hybridized carbons (Fsp3) is 0.875. The van der Waals surface area contributed by atoms with Crippen molar-refractivity contribution in [3.63, 3.8) is 0 Å². The molecule has 0 aliphatic heterocycles. The summed E-state index contributed by atoms with van der Waals surface area (Å²) in [7, 11) is 0. The van der Waals surface area contributed by atoms with E-state index in [4.69, 9.17) is 10.9 Å². The maximum Gasteiger partial charge on any atom is 0.212 e. The first-order valence-electron chi connectivity index (χ1n) is 4.67. The summed E-state index contributed by atoms with van der Waals surface area (Å²) in [5, 5.41) is 8.32. The molecule has 5 heteroatoms. The van der Waals surface area contributed by atoms with Crippen LogP contribution >= 0.6 is 0 Å². The van der Waals surface area contributed by atoms with Gasteiger partial charge in [0.1, 0.15) is 0 Å². The number of rotatable bonds is 6. The number of nitrogens with one attached hydrogen (secondary N) is 1. The SMILES string of the molecule is CCN(CC)CCCN=C(N)NO. The molecule has 78 valence electrons. The lowest BCUT2D eigenvalue weighted by atomic mass is 10.4. The molecule has 4 N–H and O–H groups in total. The molecule has 0 saturated carbocycles. The first-order chi connectivity index (χ1) is 6.24. The number of guanidine groups is 1. The molecule has 0 saturated heterocycles. The van der Waals surface area contributed by atoms with Crippen LogP contribution in [0.1, 0.15) is 20.3 Å². The zero-order valence-corrected chi connectivity index (χ0v) is 8.45. The van der Waals surface area contributed by atoms with Gasteiger partial charge in [0.2, 0.25) is 5.96 Å². The highest BCUT2D eigenvalue weighted by atomic mass is 16.5. The van der Waals surface area contributed by atoms with Crippen molar-refractivity contribution in [2.45, 2.75) is 20.3 Å². The van der Waals surface area contributed by atoms with E-state index in [0.29, 0.717) is 6.54 Å². The average Bonchev–Trinajstić information content (AvgIpc) is 2.18. The molecule has 0 spiro atoms. The smallest absolute Gasteiger partial charge is 0.212 e. The van der Waals surface area contributed by atoms with Crippen molar-refractivity contribution in [2.24, 2.45) is 10.7 Å². The van der Waals surface area contributed by atoms with Crippen molar-refractivity contribution in [1.29, 1.82) is 0 Å². The highest BCUT2D eigenvalue weighted by Crippen LogP contribution is 1.90. The molecule has 0 rings (SSSR count). The van der Waals surface area contributed by atoms with Gasteiger partial charge in [-0.1, -0.05) is 13.8 Å². The first kappa shape index (κ1) is 12.2. The largest absolute Gasteiger partial charge is 0.368 e. The Kier molecular flexibility index (Phi) is 7.33. The van der Waals surface area contributed by atoms with E-state index in [9.17, 15) is 0 Å². The second-order valence-corrected chi connectivity index (χ2v) is 2.76. The lowest BCUT2D eigenvalue weighted by Crippen LogP contribution is -2.29. The van der Waals surface area contributed by atoms with Crippen molar-refractivity contribution < 1.29 is 5.21 Å². The predicted molar refractivity (Wildman–Crippen MR) is 53.8 cm³/mol. The van der Waals surface area contributed by atoms with Gasteiger partial charge >= 0.3 is 0 Å². The minimum Gasteiger partial charge on any atom is -0.368 e. The fourth-order valence-electron chi connectivity index (χ4n) is 1.07. The van der Waals surface area contributed by atoms with Crippen molar-refractivity contribution >= 4 is 5.96 Å². The Morgan fingerprint density at radius 1 is 1.46 bits per heavy atom. The van der Waals surface area contributed by atoms with Crippen molar-refractivity contribution in [3.05, 3.63) is 0 Å². The summed E-state index contributed by atoms with van der Waals surface area (Å²) < 4.78 is 0. The lowest BCUT2D eigenvalue weighted by molar-refractivity contribution is 0.232. The van der Waals surface area contributed by atoms with Crippen LogP contribution in [0.4, 0.5) is 0 Å². The molecular weight excluding hydrogens is 168 g/mol. The number of hydroxylamine groups is 1. The average molecular weight is 188 g/mol. The van der Waals surface area contributed by atoms with E-state index < -0.39 is 0 Å². The van der Waals surface area contributed by atoms with Crippen LogP contribution in [-0.4, -0.2) is 42.2 Å². The van der Waals surface area contributed by atoms with Gasteiger partial charge in [-0.3, -0.25) is 10.2 Å². The number of nitrogens with zero attached hydrogens (tertiary/aromatic N) is 2. The molecule has 0 aromatic heterocycles. The van der Waals surface area contributed by atoms with Crippen LogP contribution in [0.15, 0.2) is 4.99 Å². The van der Waals surface area contributed by atoms with Gasteiger partial charge < -0.3 is 10.6 Å². The summed E-state index contributed by atoms with van der Waals surface area (Å²) in [6.45, 7) is 8.07. The minimum absolute atomic E-state index is 0.0829. The van der Waals surface area contributed by atoms with Gasteiger partial charge in [0, 0.05) is 6.54 Å². The number of hydrogen-bond acceptors (Lipinski definition) is 3. The number of aliphatic imine (C=N–C) groups is 1. The third-order valence-electron chi connectivity index (χ3n) is 1.92. The first-order valence-corrected chi connectivity index (χ1v) is 4.67. The molecular formula is C8H20N4O. The van der Waals surface area contributed by atoms with E-state index in [-0.39, 0.29) is 5.96 Å². The lowest BCUT2D eigenvalue weighted by Gasteiger charge is -2.16. The van der Waals surface area contributed by atoms with Gasteiger partial charge in [-0.25, -0.2) is 5.48 Å². The summed E-state index contributed by atoms with van der Waals surface area (Å²) >= 11 is 0. The predicted octanol–water partition coefficient (Wildman–Crippen LogP) is 0.0118. The molecule has 5 nitrogen and oxygen atoms in total. The summed E-state index contributed by atoms with van der Waals surface area (Å²) in [6, 6.07) is 0. The maximum atomic E-state index is 8.32. The molecule has 0 aromatic rings. The van der Waals surface area contributed by atoms with Crippen LogP contribution in [0.25, 0.3) is 0 Å². The molecule has 0 amide bonds. The topological polar surface area (TPSA) is 73.9 Å². The molecule has 0 atom stereocenters. The van der Waals surface area contributed by atoms with Gasteiger partial charge in [-0.05, 0) is 26.1 Å². The number of nitrogens with two attached hydrogens (primary N) is 1. The van der Waals surface area contributed by atoms with Crippen molar-refractivity contribution in [3.8, 4) is 0 Å². The quantitative estimate of drug-likeness (QED) is 0.238. The molecule has 0 heterocycles. The molecule has 0 aromatic carbocycles. The van der Waals surface area contributed by atoms with Crippen LogP contribution in [0.3, 0.4) is 0 Å². The normalized spacial score (nSPS) is 12.2. The monoisotopic (exact) mass is 188 g/mol. The Hall–Kier alpha value is -0.810. The molecule has 0 bridgehead atoms. The minimum atomic E-state index is 0.0829. The summed E-state index contributed by atoms with van der Waals surface area (Å²) in [5.41, 5.74) is 7.03. The Labute approximate surface area is 79.6 Å². The third kappa shape index (κ3) is 6.36. The molecule has 0 aliphatic carbocycles. The van der Waals surface area contributed by atoms with E-state index in [1.165, 1.54) is 0 Å². The summed E-state index contributed by atoms with van der Waals surface area (Å²) in [5.74, 6) is 0.0829. The molecule has 0 fully saturated rings. The van der Waals surface area contributed by atoms with E-state index in [1.807, 2.05) is 0 Å². The fourth-order valence-corrected chi connectivity index (χ4v) is 1.07. The van der Waals surface area contributed by atoms with Gasteiger partial charge in [0.05, 0.1) is 0 Å². The summed E-state index contributed by atoms with van der Waals surface area (Å²) in [6.07, 6.45) is 0.962. The van der Waals surface area contributed by atoms with Gasteiger partial charge in [-0.2, -0.15) is 0 Å². The van der Waals surface area contributed by atoms with Crippen LogP contribution < -0.4 is 11.2 Å². The maximum absolute atomic E-state index is 8.32. The second-order valence-electron chi connectivity index (χ2n) is 2.76.